The highest BCUT2D eigenvalue weighted by Gasteiger charge is 2.74. The standard InChI is InChI=1S/C24H40ClFN4O2Si2/c1-22(2,3)33(7,8)31-12-24-11-15(24)18(16(26)19(24)32-34(9,10)23(4,5)6)30-14-29-17-20(25)27-13-28-21(17)30/h13-16,18-19H,11-12H2,1-10H3/t15?,16-,18+,19?,24-/m0/s1. The molecule has 2 aromatic heterocycles. The van der Waals surface area contributed by atoms with Gasteiger partial charge in [-0.25, -0.2) is 19.3 Å². The normalized spacial score (nSPS) is 30.1. The lowest BCUT2D eigenvalue weighted by atomic mass is 10.0. The van der Waals surface area contributed by atoms with Gasteiger partial charge in [0.2, 0.25) is 0 Å². The lowest BCUT2D eigenvalue weighted by Gasteiger charge is -2.43. The highest BCUT2D eigenvalue weighted by Crippen LogP contribution is 2.70. The molecule has 2 aliphatic rings. The van der Waals surface area contributed by atoms with Crippen LogP contribution < -0.4 is 0 Å². The summed E-state index contributed by atoms with van der Waals surface area (Å²) in [6, 6.07) is -0.409. The Balaban J connectivity index is 1.72. The molecule has 0 N–H and O–H groups in total. The van der Waals surface area contributed by atoms with Crippen molar-refractivity contribution in [2.24, 2.45) is 11.3 Å². The molecular weight excluding hydrogens is 487 g/mol. The second kappa shape index (κ2) is 8.06. The van der Waals surface area contributed by atoms with Crippen LogP contribution in [0.4, 0.5) is 4.39 Å². The Kier molecular flexibility index (Phi) is 6.21. The topological polar surface area (TPSA) is 62.1 Å². The van der Waals surface area contributed by atoms with Gasteiger partial charge in [0.15, 0.2) is 27.4 Å². The molecule has 34 heavy (non-hydrogen) atoms. The number of hydrogen-bond donors (Lipinski definition) is 0. The number of rotatable bonds is 6. The van der Waals surface area contributed by atoms with Crippen LogP contribution in [-0.2, 0) is 8.85 Å². The van der Waals surface area contributed by atoms with Crippen molar-refractivity contribution in [3.63, 3.8) is 0 Å². The monoisotopic (exact) mass is 526 g/mol. The van der Waals surface area contributed by atoms with Gasteiger partial charge in [0.1, 0.15) is 18.0 Å². The lowest BCUT2D eigenvalue weighted by Crippen LogP contribution is -2.50. The number of halogens is 2. The summed E-state index contributed by atoms with van der Waals surface area (Å²) in [4.78, 5) is 12.8. The van der Waals surface area contributed by atoms with Crippen LogP contribution in [0.25, 0.3) is 11.2 Å². The molecule has 4 rings (SSSR count). The first-order chi connectivity index (χ1) is 15.4. The molecule has 0 aliphatic heterocycles. The molecule has 2 unspecified atom stereocenters. The van der Waals surface area contributed by atoms with Crippen LogP contribution in [0.3, 0.4) is 0 Å². The van der Waals surface area contributed by atoms with Crippen molar-refractivity contribution in [3.8, 4) is 0 Å². The Hall–Kier alpha value is -0.876. The molecule has 2 heterocycles. The molecule has 2 saturated carbocycles. The average molecular weight is 527 g/mol. The largest absolute Gasteiger partial charge is 0.416 e. The fraction of sp³-hybridized carbons (Fsp3) is 0.792. The van der Waals surface area contributed by atoms with Crippen molar-refractivity contribution in [1.29, 1.82) is 0 Å². The third-order valence-corrected chi connectivity index (χ3v) is 18.4. The van der Waals surface area contributed by atoms with Crippen LogP contribution in [-0.4, -0.2) is 55.0 Å². The third-order valence-electron chi connectivity index (χ3n) is 9.14. The smallest absolute Gasteiger partial charge is 0.192 e. The number of hydrogen-bond acceptors (Lipinski definition) is 5. The molecule has 0 aromatic carbocycles. The Bertz CT molecular complexity index is 1080. The van der Waals surface area contributed by atoms with Crippen molar-refractivity contribution in [3.05, 3.63) is 17.8 Å². The van der Waals surface area contributed by atoms with E-state index >= 15 is 4.39 Å². The first-order valence-electron chi connectivity index (χ1n) is 12.2. The van der Waals surface area contributed by atoms with Gasteiger partial charge < -0.3 is 13.4 Å². The second-order valence-electron chi connectivity index (χ2n) is 13.3. The summed E-state index contributed by atoms with van der Waals surface area (Å²) in [5, 5.41) is 0.360. The van der Waals surface area contributed by atoms with Crippen LogP contribution in [0.1, 0.15) is 54.0 Å². The molecule has 0 spiro atoms. The van der Waals surface area contributed by atoms with E-state index in [1.165, 1.54) is 6.33 Å². The number of nitrogens with zero attached hydrogens (tertiary/aromatic N) is 4. The predicted molar refractivity (Wildman–Crippen MR) is 140 cm³/mol. The summed E-state index contributed by atoms with van der Waals surface area (Å²) in [6.45, 7) is 22.8. The van der Waals surface area contributed by atoms with Gasteiger partial charge in [-0.3, -0.25) is 0 Å². The summed E-state index contributed by atoms with van der Waals surface area (Å²) in [6.07, 6.45) is 2.26. The van der Waals surface area contributed by atoms with Crippen LogP contribution in [0, 0.1) is 11.3 Å². The van der Waals surface area contributed by atoms with E-state index in [9.17, 15) is 0 Å². The molecule has 2 fully saturated rings. The van der Waals surface area contributed by atoms with Crippen LogP contribution >= 0.6 is 11.6 Å². The van der Waals surface area contributed by atoms with E-state index in [4.69, 9.17) is 20.5 Å². The van der Waals surface area contributed by atoms with E-state index < -0.39 is 35.0 Å². The zero-order chi connectivity index (χ0) is 25.5. The Morgan fingerprint density at radius 2 is 1.68 bits per heavy atom. The maximum Gasteiger partial charge on any atom is 0.192 e. The van der Waals surface area contributed by atoms with E-state index in [1.54, 1.807) is 6.33 Å². The summed E-state index contributed by atoms with van der Waals surface area (Å²) < 4.78 is 31.9. The molecule has 0 bridgehead atoms. The highest BCUT2D eigenvalue weighted by atomic mass is 35.5. The molecule has 190 valence electrons. The zero-order valence-corrected chi connectivity index (χ0v) is 25.0. The lowest BCUT2D eigenvalue weighted by molar-refractivity contribution is 0.0205. The third kappa shape index (κ3) is 4.09. The van der Waals surface area contributed by atoms with Gasteiger partial charge in [-0.2, -0.15) is 0 Å². The SMILES string of the molecule is CC(C)(C)[Si](C)(C)OC[C@@]12CC1[C@@H](n1cnc3c(Cl)ncnc31)[C@H](F)C2O[Si](C)(C)C(C)(C)C. The summed E-state index contributed by atoms with van der Waals surface area (Å²) in [7, 11) is -4.22. The van der Waals surface area contributed by atoms with Gasteiger partial charge in [0, 0.05) is 12.0 Å². The van der Waals surface area contributed by atoms with E-state index in [2.05, 4.69) is 82.7 Å². The van der Waals surface area contributed by atoms with Crippen molar-refractivity contribution in [2.75, 3.05) is 6.61 Å². The van der Waals surface area contributed by atoms with Gasteiger partial charge in [-0.15, -0.1) is 0 Å². The van der Waals surface area contributed by atoms with E-state index in [-0.39, 0.29) is 26.6 Å². The summed E-state index contributed by atoms with van der Waals surface area (Å²) in [5.41, 5.74) is 0.753. The van der Waals surface area contributed by atoms with Crippen molar-refractivity contribution >= 4 is 39.4 Å². The van der Waals surface area contributed by atoms with Crippen LogP contribution in [0.15, 0.2) is 12.7 Å². The van der Waals surface area contributed by atoms with Crippen molar-refractivity contribution < 1.29 is 13.2 Å². The molecule has 10 heteroatoms. The average Bonchev–Trinajstić information content (AvgIpc) is 3.16. The zero-order valence-electron chi connectivity index (χ0n) is 22.2. The minimum atomic E-state index is -2.22. The quantitative estimate of drug-likeness (QED) is 0.306. The molecule has 2 aromatic rings. The summed E-state index contributed by atoms with van der Waals surface area (Å²) >= 11 is 6.24. The molecule has 6 nitrogen and oxygen atoms in total. The van der Waals surface area contributed by atoms with Gasteiger partial charge in [0.05, 0.1) is 18.5 Å². The first kappa shape index (κ1) is 26.2. The van der Waals surface area contributed by atoms with Gasteiger partial charge in [-0.1, -0.05) is 53.1 Å². The van der Waals surface area contributed by atoms with Gasteiger partial charge in [-0.05, 0) is 48.6 Å². The highest BCUT2D eigenvalue weighted by molar-refractivity contribution is 6.74. The minimum absolute atomic E-state index is 0.0148. The fourth-order valence-electron chi connectivity index (χ4n) is 4.70. The number of alkyl halides is 1. The first-order valence-corrected chi connectivity index (χ1v) is 18.4. The van der Waals surface area contributed by atoms with Crippen molar-refractivity contribution in [2.45, 2.75) is 103 Å². The van der Waals surface area contributed by atoms with E-state index in [0.717, 1.165) is 6.42 Å². The minimum Gasteiger partial charge on any atom is -0.416 e. The number of fused-ring (bicyclic) bond motifs is 2. The Morgan fingerprint density at radius 3 is 2.26 bits per heavy atom. The fourth-order valence-corrected chi connectivity index (χ4v) is 7.29. The predicted octanol–water partition coefficient (Wildman–Crippen LogP) is 6.79. The summed E-state index contributed by atoms with van der Waals surface area (Å²) in [5.74, 6) is 0.105. The van der Waals surface area contributed by atoms with Gasteiger partial charge in [0.25, 0.3) is 0 Å². The number of aromatic nitrogens is 4. The molecule has 0 radical (unpaired) electrons. The Labute approximate surface area is 210 Å². The molecule has 0 saturated heterocycles. The molecule has 2 aliphatic carbocycles. The van der Waals surface area contributed by atoms with Gasteiger partial charge >= 0.3 is 0 Å². The van der Waals surface area contributed by atoms with E-state index in [1.807, 2.05) is 4.57 Å². The molecular formula is C24H40ClFN4O2Si2. The Morgan fingerprint density at radius 1 is 1.06 bits per heavy atom. The van der Waals surface area contributed by atoms with Crippen LogP contribution in [0.2, 0.25) is 41.4 Å². The van der Waals surface area contributed by atoms with Crippen LogP contribution in [0.5, 0.6) is 0 Å². The second-order valence-corrected chi connectivity index (χ2v) is 23.2. The molecule has 0 amide bonds. The van der Waals surface area contributed by atoms with E-state index in [0.29, 0.717) is 17.8 Å². The molecule has 5 atom stereocenters. The maximum atomic E-state index is 16.5. The number of imidazole rings is 1. The maximum absolute atomic E-state index is 16.5. The van der Waals surface area contributed by atoms with Crippen molar-refractivity contribution in [1.82, 2.24) is 19.5 Å².